The van der Waals surface area contributed by atoms with E-state index in [-0.39, 0.29) is 18.0 Å². The fourth-order valence-corrected chi connectivity index (χ4v) is 3.61. The van der Waals surface area contributed by atoms with Gasteiger partial charge in [-0.15, -0.1) is 0 Å². The van der Waals surface area contributed by atoms with Crippen LogP contribution >= 0.6 is 11.8 Å². The molecule has 7 nitrogen and oxygen atoms in total. The van der Waals surface area contributed by atoms with Gasteiger partial charge in [-0.3, -0.25) is 4.79 Å². The van der Waals surface area contributed by atoms with Crippen LogP contribution in [0.2, 0.25) is 0 Å². The maximum Gasteiger partial charge on any atom is 0.339 e. The monoisotopic (exact) mass is 360 g/mol. The van der Waals surface area contributed by atoms with E-state index in [0.717, 1.165) is 5.75 Å². The van der Waals surface area contributed by atoms with Gasteiger partial charge in [-0.25, -0.2) is 9.59 Å². The minimum Gasteiger partial charge on any atom is -0.461 e. The maximum atomic E-state index is 12.2. The van der Waals surface area contributed by atoms with Gasteiger partial charge in [0, 0.05) is 17.9 Å². The first-order chi connectivity index (χ1) is 11.3. The highest BCUT2D eigenvalue weighted by atomic mass is 32.2. The van der Waals surface area contributed by atoms with Gasteiger partial charge in [-0.1, -0.05) is 0 Å². The van der Waals surface area contributed by atoms with E-state index in [4.69, 9.17) is 18.9 Å². The number of hydrogen-bond acceptors (Lipinski definition) is 8. The van der Waals surface area contributed by atoms with Gasteiger partial charge in [0.2, 0.25) is 0 Å². The zero-order valence-electron chi connectivity index (χ0n) is 14.4. The van der Waals surface area contributed by atoms with Gasteiger partial charge in [-0.05, 0) is 27.7 Å². The Labute approximate surface area is 145 Å². The maximum absolute atomic E-state index is 12.2. The van der Waals surface area contributed by atoms with Crippen LogP contribution in [0, 0.1) is 5.92 Å². The molecule has 136 valence electrons. The molecule has 0 amide bonds. The van der Waals surface area contributed by atoms with Crippen LogP contribution in [0.15, 0.2) is 0 Å². The molecule has 2 aliphatic heterocycles. The molecule has 0 saturated carbocycles. The van der Waals surface area contributed by atoms with Crippen LogP contribution in [0.1, 0.15) is 34.1 Å². The Kier molecular flexibility index (Phi) is 6.65. The predicted molar refractivity (Wildman–Crippen MR) is 86.4 cm³/mol. The van der Waals surface area contributed by atoms with Gasteiger partial charge >= 0.3 is 11.9 Å². The van der Waals surface area contributed by atoms with E-state index < -0.39 is 36.4 Å². The molecule has 0 aliphatic carbocycles. The number of hydrogen-bond donors (Lipinski definition) is 0. The molecular formula is C16H24O7S. The molecule has 2 aliphatic rings. The van der Waals surface area contributed by atoms with E-state index in [0.29, 0.717) is 12.2 Å². The van der Waals surface area contributed by atoms with E-state index in [9.17, 15) is 14.4 Å². The largest absolute Gasteiger partial charge is 0.461 e. The summed E-state index contributed by atoms with van der Waals surface area (Å²) in [4.78, 5) is 36.6. The van der Waals surface area contributed by atoms with Gasteiger partial charge in [0.25, 0.3) is 0 Å². The second-order valence-electron chi connectivity index (χ2n) is 6.35. The number of Topliss-reactive ketones (excluding diaryl/α,β-unsaturated/α-hetero) is 1. The topological polar surface area (TPSA) is 88.1 Å². The van der Waals surface area contributed by atoms with Crippen molar-refractivity contribution >= 4 is 29.5 Å². The molecule has 2 fully saturated rings. The number of rotatable bonds is 5. The van der Waals surface area contributed by atoms with E-state index in [1.807, 2.05) is 0 Å². The average Bonchev–Trinajstić information content (AvgIpc) is 2.91. The Balaban J connectivity index is 2.13. The number of ketones is 1. The van der Waals surface area contributed by atoms with Crippen LogP contribution < -0.4 is 0 Å². The lowest BCUT2D eigenvalue weighted by Gasteiger charge is -2.24. The molecule has 8 heteroatoms. The number of carbonyl (C=O) groups excluding carboxylic acids is 3. The van der Waals surface area contributed by atoms with Gasteiger partial charge in [-0.2, -0.15) is 11.8 Å². The lowest BCUT2D eigenvalue weighted by molar-refractivity contribution is -0.167. The van der Waals surface area contributed by atoms with Gasteiger partial charge in [0.15, 0.2) is 18.5 Å². The van der Waals surface area contributed by atoms with Crippen molar-refractivity contribution in [2.45, 2.75) is 64.8 Å². The molecule has 0 aromatic carbocycles. The molecule has 0 spiro atoms. The molecule has 2 saturated heterocycles. The van der Waals surface area contributed by atoms with Crippen molar-refractivity contribution in [1.82, 2.24) is 0 Å². The second-order valence-corrected chi connectivity index (χ2v) is 7.50. The van der Waals surface area contributed by atoms with E-state index in [1.54, 1.807) is 39.5 Å². The first-order valence-corrected chi connectivity index (χ1v) is 9.27. The summed E-state index contributed by atoms with van der Waals surface area (Å²) in [5.41, 5.74) is 0. The summed E-state index contributed by atoms with van der Waals surface area (Å²) in [5.74, 6) is -0.535. The summed E-state index contributed by atoms with van der Waals surface area (Å²) >= 11 is 1.62. The molecule has 0 aromatic heterocycles. The van der Waals surface area contributed by atoms with Crippen LogP contribution in [-0.4, -0.2) is 59.9 Å². The molecule has 0 aromatic rings. The smallest absolute Gasteiger partial charge is 0.339 e. The first kappa shape index (κ1) is 19.2. The molecule has 2 heterocycles. The lowest BCUT2D eigenvalue weighted by atomic mass is 10.0. The molecule has 3 atom stereocenters. The summed E-state index contributed by atoms with van der Waals surface area (Å²) in [6.45, 7) is 6.81. The normalized spacial score (nSPS) is 28.4. The first-order valence-electron chi connectivity index (χ1n) is 8.12. The summed E-state index contributed by atoms with van der Waals surface area (Å²) < 4.78 is 21.5. The molecule has 0 unspecified atom stereocenters. The van der Waals surface area contributed by atoms with Crippen molar-refractivity contribution in [1.29, 1.82) is 0 Å². The Bertz CT molecular complexity index is 461. The lowest BCUT2D eigenvalue weighted by Crippen LogP contribution is -2.40. The minimum atomic E-state index is -1.22. The number of ether oxygens (including phenoxy) is 4. The van der Waals surface area contributed by atoms with Crippen molar-refractivity contribution in [3.63, 3.8) is 0 Å². The number of carbonyl (C=O) groups is 3. The van der Waals surface area contributed by atoms with Crippen LogP contribution in [0.3, 0.4) is 0 Å². The third-order valence-electron chi connectivity index (χ3n) is 3.54. The second kappa shape index (κ2) is 8.31. The van der Waals surface area contributed by atoms with Crippen molar-refractivity contribution in [3.05, 3.63) is 0 Å². The van der Waals surface area contributed by atoms with E-state index in [1.165, 1.54) is 0 Å². The average molecular weight is 360 g/mol. The SMILES string of the molecule is CC(C)OC(=O)[C@@H]1OC([C@H]2CSCCC2=O)O[C@H]1C(=O)OC(C)C. The summed E-state index contributed by atoms with van der Waals surface area (Å²) in [6.07, 6.45) is -3.64. The highest BCUT2D eigenvalue weighted by Gasteiger charge is 2.51. The third kappa shape index (κ3) is 4.70. The molecule has 0 N–H and O–H groups in total. The van der Waals surface area contributed by atoms with Crippen molar-refractivity contribution < 1.29 is 33.3 Å². The highest BCUT2D eigenvalue weighted by molar-refractivity contribution is 7.99. The van der Waals surface area contributed by atoms with Gasteiger partial charge in [0.1, 0.15) is 5.78 Å². The standard InChI is InChI=1S/C16H24O7S/c1-8(2)20-14(18)12-13(15(19)21-9(3)4)23-16(22-12)10-7-24-6-5-11(10)17/h8-10,12-13,16H,5-7H2,1-4H3/t10-,12+,13+/m0/s1. The van der Waals surface area contributed by atoms with Crippen LogP contribution in [0.5, 0.6) is 0 Å². The number of esters is 2. The molecule has 0 radical (unpaired) electrons. The summed E-state index contributed by atoms with van der Waals surface area (Å²) in [7, 11) is 0. The minimum absolute atomic E-state index is 0.0209. The zero-order chi connectivity index (χ0) is 17.9. The molecular weight excluding hydrogens is 336 g/mol. The summed E-state index contributed by atoms with van der Waals surface area (Å²) in [5, 5.41) is 0. The Morgan fingerprint density at radius 1 is 1.04 bits per heavy atom. The van der Waals surface area contributed by atoms with Gasteiger partial charge < -0.3 is 18.9 Å². The highest BCUT2D eigenvalue weighted by Crippen LogP contribution is 2.32. The van der Waals surface area contributed by atoms with Gasteiger partial charge in [0.05, 0.1) is 18.1 Å². The van der Waals surface area contributed by atoms with E-state index >= 15 is 0 Å². The van der Waals surface area contributed by atoms with Crippen molar-refractivity contribution in [2.24, 2.45) is 5.92 Å². The predicted octanol–water partition coefficient (Wildman–Crippen LogP) is 1.32. The Morgan fingerprint density at radius 3 is 1.96 bits per heavy atom. The van der Waals surface area contributed by atoms with E-state index in [2.05, 4.69) is 0 Å². The molecule has 24 heavy (non-hydrogen) atoms. The Hall–Kier alpha value is -1.12. The molecule has 2 rings (SSSR count). The van der Waals surface area contributed by atoms with Crippen LogP contribution in [0.4, 0.5) is 0 Å². The van der Waals surface area contributed by atoms with Crippen molar-refractivity contribution in [2.75, 3.05) is 11.5 Å². The third-order valence-corrected chi connectivity index (χ3v) is 4.62. The number of thioether (sulfide) groups is 1. The van der Waals surface area contributed by atoms with Crippen LogP contribution in [0.25, 0.3) is 0 Å². The fraction of sp³-hybridized carbons (Fsp3) is 0.812. The quantitative estimate of drug-likeness (QED) is 0.679. The van der Waals surface area contributed by atoms with Crippen molar-refractivity contribution in [3.8, 4) is 0 Å². The zero-order valence-corrected chi connectivity index (χ0v) is 15.2. The molecule has 0 bridgehead atoms. The Morgan fingerprint density at radius 2 is 1.54 bits per heavy atom. The fourth-order valence-electron chi connectivity index (χ4n) is 2.50. The summed E-state index contributed by atoms with van der Waals surface area (Å²) in [6, 6.07) is 0. The van der Waals surface area contributed by atoms with Crippen LogP contribution in [-0.2, 0) is 33.3 Å².